The number of rotatable bonds is 6. The van der Waals surface area contributed by atoms with Crippen molar-refractivity contribution in [2.45, 2.75) is 39.3 Å². The molecule has 1 heterocycles. The van der Waals surface area contributed by atoms with Crippen LogP contribution in [0.4, 0.5) is 0 Å². The van der Waals surface area contributed by atoms with Crippen LogP contribution in [0.25, 0.3) is 11.0 Å². The van der Waals surface area contributed by atoms with Crippen molar-refractivity contribution >= 4 is 11.0 Å². The fourth-order valence-electron chi connectivity index (χ4n) is 2.21. The van der Waals surface area contributed by atoms with E-state index in [-0.39, 0.29) is 12.6 Å². The molecule has 2 aromatic rings. The van der Waals surface area contributed by atoms with Gasteiger partial charge in [0.05, 0.1) is 6.61 Å². The quantitative estimate of drug-likeness (QED) is 0.825. The van der Waals surface area contributed by atoms with Crippen LogP contribution in [0.5, 0.6) is 0 Å². The minimum Gasteiger partial charge on any atom is -0.461 e. The Balaban J connectivity index is 2.25. The van der Waals surface area contributed by atoms with Crippen molar-refractivity contribution in [2.75, 3.05) is 6.61 Å². The summed E-state index contributed by atoms with van der Waals surface area (Å²) < 4.78 is 5.85. The molecular formula is C15H21NO2. The minimum atomic E-state index is 0.156. The summed E-state index contributed by atoms with van der Waals surface area (Å²) in [5, 5.41) is 13.8. The fraction of sp³-hybridized carbons (Fsp3) is 0.467. The smallest absolute Gasteiger partial charge is 0.134 e. The van der Waals surface area contributed by atoms with Gasteiger partial charge in [-0.05, 0) is 12.5 Å². The van der Waals surface area contributed by atoms with Gasteiger partial charge in [0.25, 0.3) is 0 Å². The lowest BCUT2D eigenvalue weighted by molar-refractivity contribution is 0.238. The molecule has 3 nitrogen and oxygen atoms in total. The van der Waals surface area contributed by atoms with Crippen LogP contribution in [-0.4, -0.2) is 17.8 Å². The molecule has 0 amide bonds. The summed E-state index contributed by atoms with van der Waals surface area (Å²) in [6, 6.07) is 8.27. The summed E-state index contributed by atoms with van der Waals surface area (Å²) in [4.78, 5) is 0. The van der Waals surface area contributed by atoms with E-state index in [0.29, 0.717) is 0 Å². The Hall–Kier alpha value is -1.32. The normalized spacial score (nSPS) is 13.1. The molecule has 18 heavy (non-hydrogen) atoms. The molecule has 0 radical (unpaired) electrons. The molecule has 2 N–H and O–H groups in total. The molecule has 1 aromatic heterocycles. The molecule has 98 valence electrons. The van der Waals surface area contributed by atoms with Crippen LogP contribution >= 0.6 is 0 Å². The average Bonchev–Trinajstić information content (AvgIpc) is 2.78. The van der Waals surface area contributed by atoms with Crippen molar-refractivity contribution in [1.82, 2.24) is 5.32 Å². The average molecular weight is 247 g/mol. The number of nitrogens with one attached hydrogen (secondary N) is 1. The highest BCUT2D eigenvalue weighted by molar-refractivity contribution is 5.82. The second-order valence-electron chi connectivity index (χ2n) is 4.52. The molecule has 1 aromatic carbocycles. The largest absolute Gasteiger partial charge is 0.461 e. The van der Waals surface area contributed by atoms with E-state index in [0.717, 1.165) is 30.7 Å². The van der Waals surface area contributed by atoms with Crippen molar-refractivity contribution in [3.63, 3.8) is 0 Å². The summed E-state index contributed by atoms with van der Waals surface area (Å²) in [5.41, 5.74) is 2.17. The number of furan rings is 1. The molecule has 1 atom stereocenters. The van der Waals surface area contributed by atoms with Gasteiger partial charge in [-0.25, -0.2) is 0 Å². The number of aliphatic hydroxyl groups excluding tert-OH is 1. The Morgan fingerprint density at radius 3 is 2.72 bits per heavy atom. The number of hydrogen-bond acceptors (Lipinski definition) is 3. The summed E-state index contributed by atoms with van der Waals surface area (Å²) >= 11 is 0. The predicted molar refractivity (Wildman–Crippen MR) is 73.6 cm³/mol. The van der Waals surface area contributed by atoms with E-state index in [9.17, 15) is 5.11 Å². The maximum absolute atomic E-state index is 9.21. The molecule has 0 fully saturated rings. The SMILES string of the molecule is CCc1oc2ccccc2c1CNC(CC)CO. The van der Waals surface area contributed by atoms with Gasteiger partial charge < -0.3 is 14.8 Å². The summed E-state index contributed by atoms with van der Waals surface area (Å²) in [7, 11) is 0. The molecule has 0 aliphatic rings. The van der Waals surface area contributed by atoms with Crippen LogP contribution < -0.4 is 5.32 Å². The van der Waals surface area contributed by atoms with E-state index in [2.05, 4.69) is 25.2 Å². The summed E-state index contributed by atoms with van der Waals surface area (Å²) in [6.45, 7) is 5.10. The monoisotopic (exact) mass is 247 g/mol. The molecule has 0 saturated heterocycles. The Kier molecular flexibility index (Phi) is 4.39. The number of benzene rings is 1. The second kappa shape index (κ2) is 6.03. The first-order chi connectivity index (χ1) is 8.80. The molecule has 0 saturated carbocycles. The predicted octanol–water partition coefficient (Wildman–Crippen LogP) is 2.86. The third-order valence-electron chi connectivity index (χ3n) is 3.38. The Labute approximate surface area is 108 Å². The van der Waals surface area contributed by atoms with Gasteiger partial charge in [-0.2, -0.15) is 0 Å². The number of para-hydroxylation sites is 1. The van der Waals surface area contributed by atoms with Gasteiger partial charge in [0.15, 0.2) is 0 Å². The highest BCUT2D eigenvalue weighted by Gasteiger charge is 2.13. The number of fused-ring (bicyclic) bond motifs is 1. The molecule has 0 spiro atoms. The van der Waals surface area contributed by atoms with E-state index in [1.165, 1.54) is 10.9 Å². The zero-order valence-electron chi connectivity index (χ0n) is 11.1. The standard InChI is InChI=1S/C15H21NO2/c1-3-11(10-17)16-9-13-12-7-5-6-8-15(12)18-14(13)4-2/h5-8,11,16-17H,3-4,9-10H2,1-2H3. The van der Waals surface area contributed by atoms with Gasteiger partial charge in [-0.15, -0.1) is 0 Å². The fourth-order valence-corrected chi connectivity index (χ4v) is 2.21. The highest BCUT2D eigenvalue weighted by atomic mass is 16.3. The van der Waals surface area contributed by atoms with E-state index >= 15 is 0 Å². The zero-order valence-corrected chi connectivity index (χ0v) is 11.1. The Morgan fingerprint density at radius 1 is 1.28 bits per heavy atom. The number of hydrogen-bond donors (Lipinski definition) is 2. The van der Waals surface area contributed by atoms with Gasteiger partial charge in [0, 0.05) is 30.0 Å². The van der Waals surface area contributed by atoms with E-state index < -0.39 is 0 Å². The van der Waals surface area contributed by atoms with Crippen LogP contribution in [0.15, 0.2) is 28.7 Å². The minimum absolute atomic E-state index is 0.156. The maximum atomic E-state index is 9.21. The molecule has 0 aliphatic carbocycles. The van der Waals surface area contributed by atoms with Crippen molar-refractivity contribution in [2.24, 2.45) is 0 Å². The number of aryl methyl sites for hydroxylation is 1. The van der Waals surface area contributed by atoms with Gasteiger partial charge >= 0.3 is 0 Å². The molecule has 0 aliphatic heterocycles. The van der Waals surface area contributed by atoms with Crippen molar-refractivity contribution in [1.29, 1.82) is 0 Å². The van der Waals surface area contributed by atoms with Crippen LogP contribution in [0.3, 0.4) is 0 Å². The molecular weight excluding hydrogens is 226 g/mol. The zero-order chi connectivity index (χ0) is 13.0. The van der Waals surface area contributed by atoms with Crippen molar-refractivity contribution in [3.05, 3.63) is 35.6 Å². The van der Waals surface area contributed by atoms with Crippen molar-refractivity contribution in [3.8, 4) is 0 Å². The lowest BCUT2D eigenvalue weighted by atomic mass is 10.1. The van der Waals surface area contributed by atoms with Gasteiger partial charge in [-0.1, -0.05) is 32.0 Å². The van der Waals surface area contributed by atoms with Crippen molar-refractivity contribution < 1.29 is 9.52 Å². The topological polar surface area (TPSA) is 45.4 Å². The Morgan fingerprint density at radius 2 is 2.06 bits per heavy atom. The highest BCUT2D eigenvalue weighted by Crippen LogP contribution is 2.26. The van der Waals surface area contributed by atoms with Crippen LogP contribution in [0.1, 0.15) is 31.6 Å². The van der Waals surface area contributed by atoms with E-state index in [4.69, 9.17) is 4.42 Å². The molecule has 2 rings (SSSR count). The molecule has 1 unspecified atom stereocenters. The molecule has 0 bridgehead atoms. The third-order valence-corrected chi connectivity index (χ3v) is 3.38. The summed E-state index contributed by atoms with van der Waals surface area (Å²) in [6.07, 6.45) is 1.81. The lowest BCUT2D eigenvalue weighted by Gasteiger charge is -2.13. The van der Waals surface area contributed by atoms with E-state index in [1.807, 2.05) is 18.2 Å². The second-order valence-corrected chi connectivity index (χ2v) is 4.52. The van der Waals surface area contributed by atoms with E-state index in [1.54, 1.807) is 0 Å². The lowest BCUT2D eigenvalue weighted by Crippen LogP contribution is -2.31. The van der Waals surface area contributed by atoms with Gasteiger partial charge in [0.2, 0.25) is 0 Å². The van der Waals surface area contributed by atoms with Gasteiger partial charge in [0.1, 0.15) is 11.3 Å². The van der Waals surface area contributed by atoms with Crippen LogP contribution in [0, 0.1) is 0 Å². The maximum Gasteiger partial charge on any atom is 0.134 e. The number of aliphatic hydroxyl groups is 1. The van der Waals surface area contributed by atoms with Crippen LogP contribution in [-0.2, 0) is 13.0 Å². The summed E-state index contributed by atoms with van der Waals surface area (Å²) in [5.74, 6) is 1.04. The van der Waals surface area contributed by atoms with Crippen LogP contribution in [0.2, 0.25) is 0 Å². The molecule has 3 heteroatoms. The first-order valence-corrected chi connectivity index (χ1v) is 6.63. The first-order valence-electron chi connectivity index (χ1n) is 6.63. The Bertz CT molecular complexity index is 500. The van der Waals surface area contributed by atoms with Gasteiger partial charge in [-0.3, -0.25) is 0 Å². The first kappa shape index (κ1) is 13.1. The third kappa shape index (κ3) is 2.57.